The van der Waals surface area contributed by atoms with Crippen LogP contribution in [0.2, 0.25) is 0 Å². The molecular weight excluding hydrogens is 292 g/mol. The second-order valence-electron chi connectivity index (χ2n) is 6.47. The number of carbonyl (C=O) groups is 2. The van der Waals surface area contributed by atoms with Gasteiger partial charge in [0.15, 0.2) is 5.82 Å². The lowest BCUT2D eigenvalue weighted by atomic mass is 9.96. The number of urea groups is 1. The summed E-state index contributed by atoms with van der Waals surface area (Å²) in [6.45, 7) is 5.94. The van der Waals surface area contributed by atoms with Gasteiger partial charge in [-0.2, -0.15) is 16.7 Å². The molecule has 2 aliphatic heterocycles. The monoisotopic (exact) mass is 310 g/mol. The maximum atomic E-state index is 12.5. The fraction of sp³-hybridized carbons (Fsp3) is 0.692. The van der Waals surface area contributed by atoms with Crippen molar-refractivity contribution in [2.24, 2.45) is 0 Å². The molecule has 3 heterocycles. The standard InChI is InChI=1S/C13H18N4O3S/c1-12(2,3)9-14-8(20-16-9)6-17-10(18)13(15-11(17)19)4-5-21-7-13/h4-7H2,1-3H3,(H,15,19)/t13-/m1/s1. The molecule has 1 atom stereocenters. The van der Waals surface area contributed by atoms with Crippen LogP contribution in [0.3, 0.4) is 0 Å². The van der Waals surface area contributed by atoms with Crippen molar-refractivity contribution in [3.05, 3.63) is 11.7 Å². The molecule has 2 aliphatic rings. The quantitative estimate of drug-likeness (QED) is 0.828. The highest BCUT2D eigenvalue weighted by molar-refractivity contribution is 7.99. The first-order valence-electron chi connectivity index (χ1n) is 6.87. The molecule has 114 valence electrons. The highest BCUT2D eigenvalue weighted by Crippen LogP contribution is 2.34. The largest absolute Gasteiger partial charge is 0.337 e. The Kier molecular flexibility index (Phi) is 3.23. The maximum Gasteiger partial charge on any atom is 0.325 e. The van der Waals surface area contributed by atoms with Gasteiger partial charge in [0.25, 0.3) is 5.91 Å². The van der Waals surface area contributed by atoms with Crippen LogP contribution in [0.4, 0.5) is 4.79 Å². The Morgan fingerprint density at radius 3 is 2.76 bits per heavy atom. The average molecular weight is 310 g/mol. The van der Waals surface area contributed by atoms with Gasteiger partial charge >= 0.3 is 6.03 Å². The number of carbonyl (C=O) groups excluding carboxylic acids is 2. The summed E-state index contributed by atoms with van der Waals surface area (Å²) in [5.41, 5.74) is -0.961. The maximum absolute atomic E-state index is 12.5. The molecule has 3 rings (SSSR count). The average Bonchev–Trinajstić information content (AvgIpc) is 3.07. The molecule has 0 unspecified atom stereocenters. The molecule has 0 aliphatic carbocycles. The molecule has 1 spiro atoms. The lowest BCUT2D eigenvalue weighted by molar-refractivity contribution is -0.131. The van der Waals surface area contributed by atoms with Gasteiger partial charge in [-0.1, -0.05) is 25.9 Å². The molecule has 3 amide bonds. The molecule has 0 aromatic carbocycles. The predicted octanol–water partition coefficient (Wildman–Crippen LogP) is 1.29. The SMILES string of the molecule is CC(C)(C)c1noc(CN2C(=O)N[C@@]3(CCSC3)C2=O)n1. The summed E-state index contributed by atoms with van der Waals surface area (Å²) in [6, 6.07) is -0.377. The van der Waals surface area contributed by atoms with Crippen LogP contribution in [-0.4, -0.2) is 44.0 Å². The normalized spacial score (nSPS) is 26.0. The lowest BCUT2D eigenvalue weighted by Crippen LogP contribution is -2.46. The number of hydrogen-bond acceptors (Lipinski definition) is 6. The number of imide groups is 1. The van der Waals surface area contributed by atoms with E-state index in [1.807, 2.05) is 20.8 Å². The summed E-state index contributed by atoms with van der Waals surface area (Å²) in [4.78, 5) is 30.0. The number of amides is 3. The highest BCUT2D eigenvalue weighted by atomic mass is 32.2. The topological polar surface area (TPSA) is 88.3 Å². The molecule has 1 N–H and O–H groups in total. The Balaban J connectivity index is 1.77. The molecule has 2 fully saturated rings. The van der Waals surface area contributed by atoms with Gasteiger partial charge in [0.1, 0.15) is 12.1 Å². The molecule has 0 saturated carbocycles. The van der Waals surface area contributed by atoms with E-state index in [1.54, 1.807) is 11.8 Å². The Bertz CT molecular complexity index is 586. The molecule has 7 nitrogen and oxygen atoms in total. The van der Waals surface area contributed by atoms with Crippen molar-refractivity contribution in [1.82, 2.24) is 20.4 Å². The number of thioether (sulfide) groups is 1. The van der Waals surface area contributed by atoms with E-state index in [-0.39, 0.29) is 29.8 Å². The molecule has 1 aromatic rings. The van der Waals surface area contributed by atoms with E-state index in [0.29, 0.717) is 18.0 Å². The van der Waals surface area contributed by atoms with E-state index >= 15 is 0 Å². The molecule has 0 radical (unpaired) electrons. The van der Waals surface area contributed by atoms with Crippen LogP contribution >= 0.6 is 11.8 Å². The van der Waals surface area contributed by atoms with Crippen molar-refractivity contribution in [2.45, 2.75) is 44.7 Å². The first-order valence-corrected chi connectivity index (χ1v) is 8.02. The van der Waals surface area contributed by atoms with Crippen LogP contribution < -0.4 is 5.32 Å². The number of rotatable bonds is 2. The highest BCUT2D eigenvalue weighted by Gasteiger charge is 2.53. The van der Waals surface area contributed by atoms with Crippen molar-refractivity contribution in [2.75, 3.05) is 11.5 Å². The Hall–Kier alpha value is -1.57. The van der Waals surface area contributed by atoms with Crippen molar-refractivity contribution >= 4 is 23.7 Å². The van der Waals surface area contributed by atoms with E-state index in [1.165, 1.54) is 4.90 Å². The zero-order chi connectivity index (χ0) is 15.3. The third-order valence-electron chi connectivity index (χ3n) is 3.70. The first-order chi connectivity index (χ1) is 9.82. The van der Waals surface area contributed by atoms with Crippen LogP contribution in [0.1, 0.15) is 38.9 Å². The van der Waals surface area contributed by atoms with Gasteiger partial charge in [0.2, 0.25) is 5.89 Å². The Labute approximate surface area is 126 Å². The number of aromatic nitrogens is 2. The van der Waals surface area contributed by atoms with E-state index in [2.05, 4.69) is 15.5 Å². The zero-order valence-electron chi connectivity index (χ0n) is 12.3. The first kappa shape index (κ1) is 14.4. The van der Waals surface area contributed by atoms with Gasteiger partial charge in [-0.3, -0.25) is 9.69 Å². The molecular formula is C13H18N4O3S. The third-order valence-corrected chi connectivity index (χ3v) is 4.89. The van der Waals surface area contributed by atoms with Gasteiger partial charge in [-0.15, -0.1) is 0 Å². The van der Waals surface area contributed by atoms with E-state index in [9.17, 15) is 9.59 Å². The number of nitrogens with one attached hydrogen (secondary N) is 1. The summed E-state index contributed by atoms with van der Waals surface area (Å²) in [5.74, 6) is 2.18. The van der Waals surface area contributed by atoms with Crippen LogP contribution in [0.25, 0.3) is 0 Å². The van der Waals surface area contributed by atoms with E-state index in [4.69, 9.17) is 4.52 Å². The summed E-state index contributed by atoms with van der Waals surface area (Å²) in [6.07, 6.45) is 0.676. The second-order valence-corrected chi connectivity index (χ2v) is 7.57. The second kappa shape index (κ2) is 4.72. The molecule has 1 aromatic heterocycles. The molecule has 0 bridgehead atoms. The summed E-state index contributed by atoms with van der Waals surface area (Å²) < 4.78 is 5.16. The fourth-order valence-corrected chi connectivity index (χ4v) is 3.74. The zero-order valence-corrected chi connectivity index (χ0v) is 13.1. The lowest BCUT2D eigenvalue weighted by Gasteiger charge is -2.18. The summed E-state index contributed by atoms with van der Waals surface area (Å²) in [5, 5.41) is 6.72. The van der Waals surface area contributed by atoms with Gasteiger partial charge in [-0.25, -0.2) is 4.79 Å². The van der Waals surface area contributed by atoms with Crippen molar-refractivity contribution in [3.63, 3.8) is 0 Å². The third kappa shape index (κ3) is 2.41. The minimum atomic E-state index is -0.728. The van der Waals surface area contributed by atoms with Crippen molar-refractivity contribution in [3.8, 4) is 0 Å². The minimum absolute atomic E-state index is 0.0279. The van der Waals surface area contributed by atoms with Gasteiger partial charge < -0.3 is 9.84 Å². The van der Waals surface area contributed by atoms with Crippen LogP contribution in [0, 0.1) is 0 Å². The fourth-order valence-electron chi connectivity index (χ4n) is 2.41. The van der Waals surface area contributed by atoms with Crippen molar-refractivity contribution in [1.29, 1.82) is 0 Å². The van der Waals surface area contributed by atoms with E-state index < -0.39 is 5.54 Å². The summed E-state index contributed by atoms with van der Waals surface area (Å²) in [7, 11) is 0. The molecule has 2 saturated heterocycles. The molecule has 8 heteroatoms. The van der Waals surface area contributed by atoms with Gasteiger partial charge in [0, 0.05) is 11.2 Å². The smallest absolute Gasteiger partial charge is 0.325 e. The summed E-state index contributed by atoms with van der Waals surface area (Å²) >= 11 is 1.68. The van der Waals surface area contributed by atoms with Gasteiger partial charge in [0.05, 0.1) is 0 Å². The Morgan fingerprint density at radius 1 is 1.43 bits per heavy atom. The predicted molar refractivity (Wildman–Crippen MR) is 76.8 cm³/mol. The van der Waals surface area contributed by atoms with E-state index in [0.717, 1.165) is 5.75 Å². The Morgan fingerprint density at radius 2 is 2.19 bits per heavy atom. The van der Waals surface area contributed by atoms with Crippen LogP contribution in [-0.2, 0) is 16.8 Å². The number of nitrogens with zero attached hydrogens (tertiary/aromatic N) is 3. The van der Waals surface area contributed by atoms with Crippen molar-refractivity contribution < 1.29 is 14.1 Å². The van der Waals surface area contributed by atoms with Crippen LogP contribution in [0.5, 0.6) is 0 Å². The minimum Gasteiger partial charge on any atom is -0.337 e. The van der Waals surface area contributed by atoms with Crippen LogP contribution in [0.15, 0.2) is 4.52 Å². The molecule has 21 heavy (non-hydrogen) atoms. The van der Waals surface area contributed by atoms with Gasteiger partial charge in [-0.05, 0) is 12.2 Å². The number of hydrogen-bond donors (Lipinski definition) is 1.